The van der Waals surface area contributed by atoms with Crippen LogP contribution in [0.15, 0.2) is 0 Å². The first kappa shape index (κ1) is 27.9. The molecule has 0 saturated carbocycles. The van der Waals surface area contributed by atoms with Crippen molar-refractivity contribution in [3.63, 3.8) is 0 Å². The standard InChI is InChI=1S/C23H46N2O4/c1-10-18(28-8)16-22(6,12-3)25-19(26)14-15-24-20(27)21(5,11-2)17-23(7,13-4)29-9/h18H,10-17H2,1-9H3,(H,24,27)(H,25,26). The predicted molar refractivity (Wildman–Crippen MR) is 119 cm³/mol. The Labute approximate surface area is 178 Å². The molecule has 0 aromatic heterocycles. The highest BCUT2D eigenvalue weighted by atomic mass is 16.5. The molecule has 0 aliphatic rings. The smallest absolute Gasteiger partial charge is 0.226 e. The van der Waals surface area contributed by atoms with Gasteiger partial charge in [0.05, 0.1) is 11.7 Å². The van der Waals surface area contributed by atoms with Crippen molar-refractivity contribution in [3.05, 3.63) is 0 Å². The average molecular weight is 415 g/mol. The van der Waals surface area contributed by atoms with Gasteiger partial charge in [0.25, 0.3) is 0 Å². The van der Waals surface area contributed by atoms with Crippen LogP contribution < -0.4 is 10.6 Å². The first-order chi connectivity index (χ1) is 13.5. The van der Waals surface area contributed by atoms with Gasteiger partial charge >= 0.3 is 0 Å². The van der Waals surface area contributed by atoms with E-state index in [1.807, 2.05) is 20.8 Å². The highest BCUT2D eigenvalue weighted by Gasteiger charge is 2.38. The summed E-state index contributed by atoms with van der Waals surface area (Å²) in [5.41, 5.74) is -1.17. The van der Waals surface area contributed by atoms with Gasteiger partial charge in [-0.05, 0) is 52.4 Å². The van der Waals surface area contributed by atoms with Crippen LogP contribution in [-0.4, -0.2) is 49.8 Å². The SMILES string of the molecule is CCC(CC(C)(CC)NC(=O)CCNC(=O)C(C)(CC)CC(C)(CC)OC)OC. The van der Waals surface area contributed by atoms with Crippen LogP contribution in [0.3, 0.4) is 0 Å². The molecule has 0 aromatic carbocycles. The number of nitrogens with one attached hydrogen (secondary N) is 2. The van der Waals surface area contributed by atoms with Gasteiger partial charge in [-0.1, -0.05) is 34.6 Å². The summed E-state index contributed by atoms with van der Waals surface area (Å²) in [5.74, 6) is -0.0673. The molecule has 0 aliphatic carbocycles. The van der Waals surface area contributed by atoms with Crippen LogP contribution in [0.4, 0.5) is 0 Å². The van der Waals surface area contributed by atoms with E-state index in [4.69, 9.17) is 9.47 Å². The van der Waals surface area contributed by atoms with E-state index < -0.39 is 5.41 Å². The second kappa shape index (κ2) is 12.5. The van der Waals surface area contributed by atoms with Crippen LogP contribution in [0.5, 0.6) is 0 Å². The van der Waals surface area contributed by atoms with Gasteiger partial charge < -0.3 is 20.1 Å². The molecule has 29 heavy (non-hydrogen) atoms. The molecule has 0 aromatic rings. The van der Waals surface area contributed by atoms with E-state index in [1.165, 1.54) is 0 Å². The Hall–Kier alpha value is -1.14. The Balaban J connectivity index is 4.75. The minimum atomic E-state index is -0.526. The average Bonchev–Trinajstić information content (AvgIpc) is 2.71. The van der Waals surface area contributed by atoms with Crippen molar-refractivity contribution in [1.82, 2.24) is 10.6 Å². The van der Waals surface area contributed by atoms with E-state index in [1.54, 1.807) is 14.2 Å². The van der Waals surface area contributed by atoms with Gasteiger partial charge in [-0.2, -0.15) is 0 Å². The van der Waals surface area contributed by atoms with Crippen molar-refractivity contribution in [2.75, 3.05) is 20.8 Å². The predicted octanol–water partition coefficient (Wildman–Crippen LogP) is 4.21. The fourth-order valence-electron chi connectivity index (χ4n) is 3.62. The molecule has 0 bridgehead atoms. The molecular formula is C23H46N2O4. The van der Waals surface area contributed by atoms with Gasteiger partial charge in [0.1, 0.15) is 0 Å². The van der Waals surface area contributed by atoms with Crippen molar-refractivity contribution in [2.45, 2.75) is 111 Å². The zero-order valence-corrected chi connectivity index (χ0v) is 20.4. The summed E-state index contributed by atoms with van der Waals surface area (Å²) in [5, 5.41) is 6.10. The topological polar surface area (TPSA) is 76.7 Å². The van der Waals surface area contributed by atoms with Crippen molar-refractivity contribution < 1.29 is 19.1 Å². The lowest BCUT2D eigenvalue weighted by Crippen LogP contribution is -2.49. The summed E-state index contributed by atoms with van der Waals surface area (Å²) in [6.45, 7) is 14.6. The van der Waals surface area contributed by atoms with Crippen LogP contribution in [0.25, 0.3) is 0 Å². The van der Waals surface area contributed by atoms with Crippen LogP contribution >= 0.6 is 0 Å². The number of amides is 2. The van der Waals surface area contributed by atoms with Crippen LogP contribution in [0.1, 0.15) is 93.4 Å². The highest BCUT2D eigenvalue weighted by molar-refractivity contribution is 5.83. The Morgan fingerprint density at radius 3 is 2.00 bits per heavy atom. The van der Waals surface area contributed by atoms with Crippen molar-refractivity contribution >= 4 is 11.8 Å². The largest absolute Gasteiger partial charge is 0.381 e. The number of ether oxygens (including phenoxy) is 2. The second-order valence-electron chi connectivity index (χ2n) is 9.04. The molecule has 4 atom stereocenters. The quantitative estimate of drug-likeness (QED) is 0.421. The summed E-state index contributed by atoms with van der Waals surface area (Å²) >= 11 is 0. The van der Waals surface area contributed by atoms with Gasteiger partial charge in [0.15, 0.2) is 0 Å². The molecule has 0 spiro atoms. The monoisotopic (exact) mass is 414 g/mol. The first-order valence-corrected chi connectivity index (χ1v) is 11.1. The van der Waals surface area contributed by atoms with E-state index in [0.717, 1.165) is 25.7 Å². The summed E-state index contributed by atoms with van der Waals surface area (Å²) in [4.78, 5) is 25.3. The lowest BCUT2D eigenvalue weighted by atomic mass is 9.75. The lowest BCUT2D eigenvalue weighted by Gasteiger charge is -2.37. The molecule has 2 N–H and O–H groups in total. The minimum Gasteiger partial charge on any atom is -0.381 e. The lowest BCUT2D eigenvalue weighted by molar-refractivity contribution is -0.135. The van der Waals surface area contributed by atoms with E-state index in [-0.39, 0.29) is 35.5 Å². The molecule has 2 amide bonds. The number of carbonyl (C=O) groups excluding carboxylic acids is 2. The van der Waals surface area contributed by atoms with Gasteiger partial charge in [-0.25, -0.2) is 0 Å². The zero-order valence-electron chi connectivity index (χ0n) is 20.4. The minimum absolute atomic E-state index is 0.0202. The van der Waals surface area contributed by atoms with Gasteiger partial charge in [-0.3, -0.25) is 9.59 Å². The maximum atomic E-state index is 12.8. The maximum absolute atomic E-state index is 12.8. The van der Waals surface area contributed by atoms with Crippen LogP contribution in [-0.2, 0) is 19.1 Å². The van der Waals surface area contributed by atoms with E-state index in [0.29, 0.717) is 19.4 Å². The normalized spacial score (nSPS) is 18.8. The molecule has 6 heteroatoms. The number of hydrogen-bond donors (Lipinski definition) is 2. The molecule has 0 rings (SSSR count). The van der Waals surface area contributed by atoms with Crippen molar-refractivity contribution in [1.29, 1.82) is 0 Å². The van der Waals surface area contributed by atoms with Gasteiger partial charge in [0.2, 0.25) is 11.8 Å². The Morgan fingerprint density at radius 2 is 1.59 bits per heavy atom. The molecule has 6 nitrogen and oxygen atoms in total. The third-order valence-electron chi connectivity index (χ3n) is 6.66. The van der Waals surface area contributed by atoms with Gasteiger partial charge in [0, 0.05) is 38.1 Å². The fourth-order valence-corrected chi connectivity index (χ4v) is 3.62. The van der Waals surface area contributed by atoms with Crippen LogP contribution in [0, 0.1) is 5.41 Å². The van der Waals surface area contributed by atoms with E-state index in [9.17, 15) is 9.59 Å². The maximum Gasteiger partial charge on any atom is 0.226 e. The summed E-state index contributed by atoms with van der Waals surface area (Å²) < 4.78 is 11.1. The van der Waals surface area contributed by atoms with E-state index >= 15 is 0 Å². The Kier molecular flexibility index (Phi) is 12.0. The summed E-state index contributed by atoms with van der Waals surface area (Å²) in [6.07, 6.45) is 5.09. The third-order valence-corrected chi connectivity index (χ3v) is 6.66. The first-order valence-electron chi connectivity index (χ1n) is 11.1. The third kappa shape index (κ3) is 9.04. The Bertz CT molecular complexity index is 503. The zero-order chi connectivity index (χ0) is 22.7. The second-order valence-corrected chi connectivity index (χ2v) is 9.04. The fraction of sp³-hybridized carbons (Fsp3) is 0.913. The molecule has 0 radical (unpaired) electrons. The summed E-state index contributed by atoms with van der Waals surface area (Å²) in [6, 6.07) is 0. The van der Waals surface area contributed by atoms with Crippen molar-refractivity contribution in [2.24, 2.45) is 5.41 Å². The summed E-state index contributed by atoms with van der Waals surface area (Å²) in [7, 11) is 3.40. The Morgan fingerprint density at radius 1 is 0.966 bits per heavy atom. The van der Waals surface area contributed by atoms with E-state index in [2.05, 4.69) is 38.3 Å². The molecular weight excluding hydrogens is 368 g/mol. The molecule has 0 fully saturated rings. The highest BCUT2D eigenvalue weighted by Crippen LogP contribution is 2.35. The molecule has 172 valence electrons. The van der Waals surface area contributed by atoms with Crippen molar-refractivity contribution in [3.8, 4) is 0 Å². The molecule has 0 heterocycles. The number of carbonyl (C=O) groups is 2. The van der Waals surface area contributed by atoms with Crippen LogP contribution in [0.2, 0.25) is 0 Å². The van der Waals surface area contributed by atoms with Gasteiger partial charge in [-0.15, -0.1) is 0 Å². The number of methoxy groups -OCH3 is 2. The number of hydrogen-bond acceptors (Lipinski definition) is 4. The number of rotatable bonds is 15. The molecule has 0 saturated heterocycles. The molecule has 0 aliphatic heterocycles. The molecule has 4 unspecified atom stereocenters.